The molecule has 2 aromatic rings. The minimum Gasteiger partial charge on any atom is -0.354 e. The van der Waals surface area contributed by atoms with Crippen molar-refractivity contribution in [2.75, 3.05) is 37.6 Å². The normalized spacial score (nSPS) is 16.2. The van der Waals surface area contributed by atoms with Gasteiger partial charge in [-0.15, -0.1) is 0 Å². The summed E-state index contributed by atoms with van der Waals surface area (Å²) in [5, 5.41) is 0. The molecule has 0 aliphatic carbocycles. The Hall–Kier alpha value is -2.08. The van der Waals surface area contributed by atoms with Crippen LogP contribution in [0.25, 0.3) is 11.1 Å². The van der Waals surface area contributed by atoms with Crippen LogP contribution in [0.3, 0.4) is 0 Å². The molecule has 1 aliphatic heterocycles. The Labute approximate surface area is 146 Å². The fraction of sp³-hybridized carbons (Fsp3) is 0.421. The van der Waals surface area contributed by atoms with Crippen LogP contribution in [0.15, 0.2) is 42.6 Å². The molecule has 6 heteroatoms. The van der Waals surface area contributed by atoms with Crippen molar-refractivity contribution in [1.82, 2.24) is 9.88 Å². The molecule has 0 amide bonds. The third-order valence-electron chi connectivity index (χ3n) is 4.53. The Morgan fingerprint density at radius 2 is 1.56 bits per heavy atom. The molecular formula is C19H22F3N3. The summed E-state index contributed by atoms with van der Waals surface area (Å²) in [6.07, 6.45) is -1.41. The van der Waals surface area contributed by atoms with Gasteiger partial charge >= 0.3 is 6.18 Å². The second-order valence-electron chi connectivity index (χ2n) is 6.31. The average Bonchev–Trinajstić information content (AvgIpc) is 2.62. The van der Waals surface area contributed by atoms with E-state index in [-0.39, 0.29) is 0 Å². The minimum atomic E-state index is -4.31. The van der Waals surface area contributed by atoms with Crippen molar-refractivity contribution in [1.29, 1.82) is 0 Å². The molecule has 0 spiro atoms. The molecule has 0 N–H and O–H groups in total. The summed E-state index contributed by atoms with van der Waals surface area (Å²) in [6, 6.07) is 9.06. The standard InChI is InChI=1S/C19H22F3N3/c1-2-9-24-10-12-25(13-11-24)18-8-5-16(14-23-18)15-3-6-17(7-4-15)19(20,21)22/h3-8,14H,2,9-13H2,1H3. The zero-order valence-corrected chi connectivity index (χ0v) is 14.3. The fourth-order valence-corrected chi connectivity index (χ4v) is 3.11. The number of hydrogen-bond donors (Lipinski definition) is 0. The molecule has 1 saturated heterocycles. The molecular weight excluding hydrogens is 327 g/mol. The van der Waals surface area contributed by atoms with Gasteiger partial charge in [-0.25, -0.2) is 4.98 Å². The van der Waals surface area contributed by atoms with Crippen LogP contribution in [0.4, 0.5) is 19.0 Å². The summed E-state index contributed by atoms with van der Waals surface area (Å²) in [5.74, 6) is 0.923. The first-order valence-corrected chi connectivity index (χ1v) is 8.58. The van der Waals surface area contributed by atoms with Crippen LogP contribution >= 0.6 is 0 Å². The molecule has 1 aromatic carbocycles. The zero-order valence-electron chi connectivity index (χ0n) is 14.3. The first kappa shape index (κ1) is 17.7. The van der Waals surface area contributed by atoms with Crippen molar-refractivity contribution in [2.45, 2.75) is 19.5 Å². The lowest BCUT2D eigenvalue weighted by Crippen LogP contribution is -2.46. The zero-order chi connectivity index (χ0) is 17.9. The molecule has 0 saturated carbocycles. The van der Waals surface area contributed by atoms with Crippen molar-refractivity contribution in [3.63, 3.8) is 0 Å². The van der Waals surface area contributed by atoms with E-state index in [1.54, 1.807) is 6.20 Å². The quantitative estimate of drug-likeness (QED) is 0.820. The molecule has 1 aliphatic rings. The molecule has 0 unspecified atom stereocenters. The lowest BCUT2D eigenvalue weighted by atomic mass is 10.1. The van der Waals surface area contributed by atoms with Crippen molar-refractivity contribution in [3.8, 4) is 11.1 Å². The van der Waals surface area contributed by atoms with Gasteiger partial charge in [-0.3, -0.25) is 4.90 Å². The van der Waals surface area contributed by atoms with E-state index >= 15 is 0 Å². The lowest BCUT2D eigenvalue weighted by Gasteiger charge is -2.35. The molecule has 25 heavy (non-hydrogen) atoms. The summed E-state index contributed by atoms with van der Waals surface area (Å²) in [4.78, 5) is 9.21. The number of benzene rings is 1. The number of halogens is 3. The number of piperazine rings is 1. The maximum absolute atomic E-state index is 12.6. The topological polar surface area (TPSA) is 19.4 Å². The van der Waals surface area contributed by atoms with Crippen molar-refractivity contribution >= 4 is 5.82 Å². The Morgan fingerprint density at radius 1 is 0.920 bits per heavy atom. The summed E-state index contributed by atoms with van der Waals surface area (Å²) in [5.41, 5.74) is 0.924. The Balaban J connectivity index is 1.66. The number of nitrogens with zero attached hydrogens (tertiary/aromatic N) is 3. The van der Waals surface area contributed by atoms with Gasteiger partial charge in [0.1, 0.15) is 5.82 Å². The predicted molar refractivity (Wildman–Crippen MR) is 93.6 cm³/mol. The van der Waals surface area contributed by atoms with E-state index in [1.807, 2.05) is 12.1 Å². The van der Waals surface area contributed by atoms with Crippen LogP contribution in [-0.2, 0) is 6.18 Å². The Bertz CT molecular complexity index is 673. The molecule has 0 atom stereocenters. The summed E-state index contributed by atoms with van der Waals surface area (Å²) in [7, 11) is 0. The maximum atomic E-state index is 12.6. The lowest BCUT2D eigenvalue weighted by molar-refractivity contribution is -0.137. The highest BCUT2D eigenvalue weighted by Crippen LogP contribution is 2.31. The van der Waals surface area contributed by atoms with Gasteiger partial charge in [-0.05, 0) is 42.8 Å². The van der Waals surface area contributed by atoms with E-state index in [0.717, 1.165) is 61.8 Å². The van der Waals surface area contributed by atoms with Crippen molar-refractivity contribution in [3.05, 3.63) is 48.2 Å². The van der Waals surface area contributed by atoms with E-state index in [4.69, 9.17) is 0 Å². The van der Waals surface area contributed by atoms with E-state index in [0.29, 0.717) is 0 Å². The highest BCUT2D eigenvalue weighted by molar-refractivity contribution is 5.64. The Morgan fingerprint density at radius 3 is 2.08 bits per heavy atom. The monoisotopic (exact) mass is 349 g/mol. The van der Waals surface area contributed by atoms with Crippen molar-refractivity contribution in [2.24, 2.45) is 0 Å². The predicted octanol–water partition coefficient (Wildman–Crippen LogP) is 4.30. The number of aromatic nitrogens is 1. The van der Waals surface area contributed by atoms with E-state index in [2.05, 4.69) is 21.7 Å². The number of rotatable bonds is 4. The van der Waals surface area contributed by atoms with Crippen LogP contribution in [0.5, 0.6) is 0 Å². The largest absolute Gasteiger partial charge is 0.416 e. The third-order valence-corrected chi connectivity index (χ3v) is 4.53. The van der Waals surface area contributed by atoms with E-state index < -0.39 is 11.7 Å². The highest BCUT2D eigenvalue weighted by atomic mass is 19.4. The van der Waals surface area contributed by atoms with Gasteiger partial charge in [0.05, 0.1) is 5.56 Å². The average molecular weight is 349 g/mol. The minimum absolute atomic E-state index is 0.634. The first-order chi connectivity index (χ1) is 12.0. The second kappa shape index (κ2) is 7.44. The third kappa shape index (κ3) is 4.31. The number of alkyl halides is 3. The molecule has 0 radical (unpaired) electrons. The fourth-order valence-electron chi connectivity index (χ4n) is 3.11. The highest BCUT2D eigenvalue weighted by Gasteiger charge is 2.30. The van der Waals surface area contributed by atoms with Crippen LogP contribution in [0.2, 0.25) is 0 Å². The number of anilines is 1. The second-order valence-corrected chi connectivity index (χ2v) is 6.31. The van der Waals surface area contributed by atoms with E-state index in [9.17, 15) is 13.2 Å². The summed E-state index contributed by atoms with van der Waals surface area (Å²) < 4.78 is 37.9. The summed E-state index contributed by atoms with van der Waals surface area (Å²) >= 11 is 0. The first-order valence-electron chi connectivity index (χ1n) is 8.58. The molecule has 3 rings (SSSR count). The van der Waals surface area contributed by atoms with Gasteiger partial charge in [0.2, 0.25) is 0 Å². The molecule has 1 fully saturated rings. The van der Waals surface area contributed by atoms with Gasteiger partial charge < -0.3 is 4.90 Å². The van der Waals surface area contributed by atoms with Crippen LogP contribution < -0.4 is 4.90 Å². The molecule has 134 valence electrons. The molecule has 0 bridgehead atoms. The van der Waals surface area contributed by atoms with Gasteiger partial charge in [-0.2, -0.15) is 13.2 Å². The van der Waals surface area contributed by atoms with Crippen molar-refractivity contribution < 1.29 is 13.2 Å². The molecule has 3 nitrogen and oxygen atoms in total. The van der Waals surface area contributed by atoms with Gasteiger partial charge in [0, 0.05) is 37.9 Å². The van der Waals surface area contributed by atoms with Crippen LogP contribution in [0.1, 0.15) is 18.9 Å². The summed E-state index contributed by atoms with van der Waals surface area (Å²) in [6.45, 7) is 7.30. The number of hydrogen-bond acceptors (Lipinski definition) is 3. The number of pyridine rings is 1. The smallest absolute Gasteiger partial charge is 0.354 e. The van der Waals surface area contributed by atoms with Crippen LogP contribution in [0, 0.1) is 0 Å². The van der Waals surface area contributed by atoms with E-state index in [1.165, 1.54) is 18.6 Å². The molecule has 2 heterocycles. The van der Waals surface area contributed by atoms with Crippen LogP contribution in [-0.4, -0.2) is 42.6 Å². The Kier molecular flexibility index (Phi) is 5.27. The van der Waals surface area contributed by atoms with Gasteiger partial charge in [-0.1, -0.05) is 19.1 Å². The SMILES string of the molecule is CCCN1CCN(c2ccc(-c3ccc(C(F)(F)F)cc3)cn2)CC1. The van der Waals surface area contributed by atoms with Gasteiger partial charge in [0.15, 0.2) is 0 Å². The van der Waals surface area contributed by atoms with Gasteiger partial charge in [0.25, 0.3) is 0 Å². The molecule has 1 aromatic heterocycles. The maximum Gasteiger partial charge on any atom is 0.416 e.